The summed E-state index contributed by atoms with van der Waals surface area (Å²) in [6.07, 6.45) is 10.2. The Bertz CT molecular complexity index is 599. The molecule has 138 valence electrons. The van der Waals surface area contributed by atoms with Crippen LogP contribution in [0, 0.1) is 29.1 Å². The summed E-state index contributed by atoms with van der Waals surface area (Å²) in [4.78, 5) is 2.44. The molecule has 2 saturated carbocycles. The third-order valence-electron chi connectivity index (χ3n) is 7.38. The van der Waals surface area contributed by atoms with E-state index >= 15 is 0 Å². The minimum absolute atomic E-state index is 0.571. The van der Waals surface area contributed by atoms with Gasteiger partial charge in [-0.3, -0.25) is 0 Å². The van der Waals surface area contributed by atoms with Crippen LogP contribution < -0.4 is 10.2 Å². The van der Waals surface area contributed by atoms with E-state index in [0.717, 1.165) is 49.1 Å². The smallest absolute Gasteiger partial charge is 0.150 e. The lowest BCUT2D eigenvalue weighted by atomic mass is 9.57. The van der Waals surface area contributed by atoms with Crippen LogP contribution in [-0.4, -0.2) is 29.8 Å². The molecule has 1 aromatic rings. The highest BCUT2D eigenvalue weighted by atomic mass is 15.2. The first kappa shape index (κ1) is 17.1. The van der Waals surface area contributed by atoms with Crippen molar-refractivity contribution in [3.63, 3.8) is 0 Å². The van der Waals surface area contributed by atoms with Gasteiger partial charge in [-0.1, -0.05) is 20.8 Å². The van der Waals surface area contributed by atoms with E-state index in [4.69, 9.17) is 0 Å². The SMILES string of the molecule is C[C@@H]1CCN(c2cnnc(NCC3CCC4CC3CCC4(C)C)c2)C1. The largest absolute Gasteiger partial charge is 0.370 e. The van der Waals surface area contributed by atoms with Crippen molar-refractivity contribution in [2.24, 2.45) is 29.1 Å². The van der Waals surface area contributed by atoms with E-state index in [1.165, 1.54) is 44.2 Å². The van der Waals surface area contributed by atoms with Crippen LogP contribution in [0.3, 0.4) is 0 Å². The Morgan fingerprint density at radius 3 is 2.92 bits per heavy atom. The second-order valence-electron chi connectivity index (χ2n) is 9.58. The summed E-state index contributed by atoms with van der Waals surface area (Å²) in [5.41, 5.74) is 1.80. The Hall–Kier alpha value is -1.32. The topological polar surface area (TPSA) is 41.1 Å². The fraction of sp³-hybridized carbons (Fsp3) is 0.810. The average molecular weight is 343 g/mol. The lowest BCUT2D eigenvalue weighted by molar-refractivity contribution is 0.0257. The summed E-state index contributed by atoms with van der Waals surface area (Å²) in [6.45, 7) is 10.6. The highest BCUT2D eigenvalue weighted by molar-refractivity contribution is 5.52. The highest BCUT2D eigenvalue weighted by Gasteiger charge is 2.42. The fourth-order valence-corrected chi connectivity index (χ4v) is 5.44. The van der Waals surface area contributed by atoms with Crippen molar-refractivity contribution < 1.29 is 0 Å². The highest BCUT2D eigenvalue weighted by Crippen LogP contribution is 2.51. The monoisotopic (exact) mass is 342 g/mol. The minimum Gasteiger partial charge on any atom is -0.370 e. The van der Waals surface area contributed by atoms with Crippen molar-refractivity contribution in [3.05, 3.63) is 12.3 Å². The van der Waals surface area contributed by atoms with Gasteiger partial charge in [-0.2, -0.15) is 5.10 Å². The molecular weight excluding hydrogens is 308 g/mol. The van der Waals surface area contributed by atoms with Crippen molar-refractivity contribution >= 4 is 11.5 Å². The molecule has 4 heteroatoms. The molecule has 1 aliphatic heterocycles. The van der Waals surface area contributed by atoms with Gasteiger partial charge in [-0.15, -0.1) is 5.10 Å². The average Bonchev–Trinajstić information content (AvgIpc) is 3.04. The molecule has 0 spiro atoms. The minimum atomic E-state index is 0.571. The Labute approximate surface area is 152 Å². The Morgan fingerprint density at radius 1 is 1.24 bits per heavy atom. The first-order valence-electron chi connectivity index (χ1n) is 10.3. The molecule has 1 saturated heterocycles. The zero-order chi connectivity index (χ0) is 17.4. The number of hydrogen-bond acceptors (Lipinski definition) is 4. The summed E-state index contributed by atoms with van der Waals surface area (Å²) >= 11 is 0. The fourth-order valence-electron chi connectivity index (χ4n) is 5.44. The molecule has 4 rings (SSSR count). The maximum absolute atomic E-state index is 4.33. The van der Waals surface area contributed by atoms with Crippen molar-refractivity contribution in [1.82, 2.24) is 10.2 Å². The molecule has 25 heavy (non-hydrogen) atoms. The van der Waals surface area contributed by atoms with Crippen LogP contribution in [0.15, 0.2) is 12.3 Å². The van der Waals surface area contributed by atoms with E-state index in [1.807, 2.05) is 6.20 Å². The molecule has 2 bridgehead atoms. The predicted octanol–water partition coefficient (Wildman–Crippen LogP) is 4.59. The van der Waals surface area contributed by atoms with Crippen molar-refractivity contribution in [2.75, 3.05) is 29.9 Å². The molecular formula is C21H34N4. The van der Waals surface area contributed by atoms with E-state index in [1.54, 1.807) is 0 Å². The number of aromatic nitrogens is 2. The van der Waals surface area contributed by atoms with Crippen molar-refractivity contribution in [3.8, 4) is 0 Å². The molecule has 4 nitrogen and oxygen atoms in total. The van der Waals surface area contributed by atoms with E-state index in [0.29, 0.717) is 5.41 Å². The molecule has 4 atom stereocenters. The Kier molecular flexibility index (Phi) is 4.63. The van der Waals surface area contributed by atoms with E-state index in [9.17, 15) is 0 Å². The van der Waals surface area contributed by atoms with Gasteiger partial charge in [-0.05, 0) is 67.6 Å². The summed E-state index contributed by atoms with van der Waals surface area (Å²) < 4.78 is 0. The number of fused-ring (bicyclic) bond motifs is 2. The van der Waals surface area contributed by atoms with Gasteiger partial charge >= 0.3 is 0 Å². The zero-order valence-corrected chi connectivity index (χ0v) is 16.2. The lowest BCUT2D eigenvalue weighted by Gasteiger charge is -2.49. The van der Waals surface area contributed by atoms with Crippen LogP contribution in [0.25, 0.3) is 0 Å². The van der Waals surface area contributed by atoms with E-state index in [2.05, 4.69) is 47.3 Å². The van der Waals surface area contributed by atoms with Crippen LogP contribution in [-0.2, 0) is 0 Å². The van der Waals surface area contributed by atoms with Gasteiger partial charge in [0.25, 0.3) is 0 Å². The summed E-state index contributed by atoms with van der Waals surface area (Å²) in [5, 5.41) is 12.2. The number of rotatable bonds is 4. The third kappa shape index (κ3) is 3.63. The zero-order valence-electron chi connectivity index (χ0n) is 16.2. The molecule has 0 radical (unpaired) electrons. The number of anilines is 2. The molecule has 3 fully saturated rings. The predicted molar refractivity (Wildman–Crippen MR) is 104 cm³/mol. The second-order valence-corrected chi connectivity index (χ2v) is 9.58. The van der Waals surface area contributed by atoms with Gasteiger partial charge < -0.3 is 10.2 Å². The Morgan fingerprint density at radius 2 is 2.12 bits per heavy atom. The van der Waals surface area contributed by atoms with E-state index < -0.39 is 0 Å². The lowest BCUT2D eigenvalue weighted by Crippen LogP contribution is -2.40. The maximum atomic E-state index is 4.33. The van der Waals surface area contributed by atoms with E-state index in [-0.39, 0.29) is 0 Å². The van der Waals surface area contributed by atoms with Crippen molar-refractivity contribution in [1.29, 1.82) is 0 Å². The van der Waals surface area contributed by atoms with Gasteiger partial charge in [0, 0.05) is 25.7 Å². The molecule has 1 N–H and O–H groups in total. The second kappa shape index (κ2) is 6.77. The Balaban J connectivity index is 1.34. The first-order chi connectivity index (χ1) is 12.0. The van der Waals surface area contributed by atoms with Gasteiger partial charge in [0.2, 0.25) is 0 Å². The van der Waals surface area contributed by atoms with Crippen LogP contribution in [0.1, 0.15) is 59.3 Å². The molecule has 2 aliphatic carbocycles. The summed E-state index contributed by atoms with van der Waals surface area (Å²) in [6, 6.07) is 2.20. The molecule has 2 heterocycles. The van der Waals surface area contributed by atoms with Gasteiger partial charge in [0.1, 0.15) is 0 Å². The van der Waals surface area contributed by atoms with Gasteiger partial charge in [0.05, 0.1) is 11.9 Å². The number of nitrogens with one attached hydrogen (secondary N) is 1. The van der Waals surface area contributed by atoms with Crippen molar-refractivity contribution in [2.45, 2.75) is 59.3 Å². The van der Waals surface area contributed by atoms with Crippen LogP contribution in [0.5, 0.6) is 0 Å². The van der Waals surface area contributed by atoms with Crippen LogP contribution in [0.4, 0.5) is 11.5 Å². The third-order valence-corrected chi connectivity index (χ3v) is 7.38. The van der Waals surface area contributed by atoms with Gasteiger partial charge in [0.15, 0.2) is 5.82 Å². The molecule has 0 aromatic carbocycles. The maximum Gasteiger partial charge on any atom is 0.150 e. The normalized spacial score (nSPS) is 34.1. The molecule has 3 aliphatic rings. The van der Waals surface area contributed by atoms with Crippen LogP contribution >= 0.6 is 0 Å². The quantitative estimate of drug-likeness (QED) is 0.869. The summed E-state index contributed by atoms with van der Waals surface area (Å²) in [5.74, 6) is 4.41. The number of nitrogens with zero attached hydrogens (tertiary/aromatic N) is 3. The van der Waals surface area contributed by atoms with Crippen LogP contribution in [0.2, 0.25) is 0 Å². The first-order valence-corrected chi connectivity index (χ1v) is 10.3. The number of hydrogen-bond donors (Lipinski definition) is 1. The molecule has 3 unspecified atom stereocenters. The molecule has 0 amide bonds. The van der Waals surface area contributed by atoms with Gasteiger partial charge in [-0.25, -0.2) is 0 Å². The molecule has 1 aromatic heterocycles. The summed E-state index contributed by atoms with van der Waals surface area (Å²) in [7, 11) is 0. The standard InChI is InChI=1S/C21H34N4/c1-15-7-9-25(14-15)19-11-20(24-23-13-19)22-12-17-4-5-18-10-16(17)6-8-21(18,2)3/h11,13,15-18H,4-10,12,14H2,1-3H3,(H,22,24)/t15-,16?,17?,18?/m1/s1.